The van der Waals surface area contributed by atoms with Gasteiger partial charge < -0.3 is 10.5 Å². The van der Waals surface area contributed by atoms with E-state index in [1.165, 1.54) is 57.8 Å². The number of fused-ring (bicyclic) bond motifs is 5. The van der Waals surface area contributed by atoms with Crippen molar-refractivity contribution in [1.29, 1.82) is 0 Å². The van der Waals surface area contributed by atoms with E-state index >= 15 is 0 Å². The Morgan fingerprint density at radius 1 is 1.09 bits per heavy atom. The molecule has 0 heterocycles. The van der Waals surface area contributed by atoms with Gasteiger partial charge in [0.1, 0.15) is 6.10 Å². The van der Waals surface area contributed by atoms with Crippen LogP contribution in [0.2, 0.25) is 0 Å². The van der Waals surface area contributed by atoms with E-state index in [0.29, 0.717) is 23.8 Å². The predicted octanol–water partition coefficient (Wildman–Crippen LogP) is 7.29. The van der Waals surface area contributed by atoms with Crippen LogP contribution in [0.15, 0.2) is 11.6 Å². The first-order valence-corrected chi connectivity index (χ1v) is 14.3. The van der Waals surface area contributed by atoms with E-state index < -0.39 is 0 Å². The number of hydrogen-bond donors (Lipinski definition) is 1. The van der Waals surface area contributed by atoms with Crippen LogP contribution >= 0.6 is 0 Å². The summed E-state index contributed by atoms with van der Waals surface area (Å²) in [5.74, 6) is 5.11. The molecule has 0 radical (unpaired) electrons. The molecule has 0 spiro atoms. The summed E-state index contributed by atoms with van der Waals surface area (Å²) in [7, 11) is 0. The monoisotopic (exact) mass is 457 g/mol. The largest absolute Gasteiger partial charge is 0.462 e. The molecule has 188 valence electrons. The van der Waals surface area contributed by atoms with Crippen molar-refractivity contribution < 1.29 is 9.53 Å². The van der Waals surface area contributed by atoms with Crippen LogP contribution in [0.25, 0.3) is 0 Å². The van der Waals surface area contributed by atoms with E-state index in [4.69, 9.17) is 10.5 Å². The van der Waals surface area contributed by atoms with Crippen molar-refractivity contribution in [2.45, 2.75) is 118 Å². The van der Waals surface area contributed by atoms with Gasteiger partial charge in [-0.2, -0.15) is 0 Å². The maximum atomic E-state index is 12.0. The van der Waals surface area contributed by atoms with Gasteiger partial charge in [0.15, 0.2) is 0 Å². The Bertz CT molecular complexity index is 729. The van der Waals surface area contributed by atoms with Crippen LogP contribution < -0.4 is 5.73 Å². The number of carbonyl (C=O) groups is 1. The van der Waals surface area contributed by atoms with Gasteiger partial charge in [0.25, 0.3) is 0 Å². The third-order valence-electron chi connectivity index (χ3n) is 10.9. The molecule has 2 N–H and O–H groups in total. The molecule has 0 bridgehead atoms. The van der Waals surface area contributed by atoms with Crippen molar-refractivity contribution in [3.05, 3.63) is 11.6 Å². The highest BCUT2D eigenvalue weighted by Gasteiger charge is 2.59. The summed E-state index contributed by atoms with van der Waals surface area (Å²) < 4.78 is 5.77. The highest BCUT2D eigenvalue weighted by molar-refractivity contribution is 5.69. The highest BCUT2D eigenvalue weighted by Crippen LogP contribution is 2.67. The topological polar surface area (TPSA) is 52.3 Å². The fourth-order valence-corrected chi connectivity index (χ4v) is 9.12. The van der Waals surface area contributed by atoms with Gasteiger partial charge in [0, 0.05) is 13.0 Å². The average Bonchev–Trinajstić information content (AvgIpc) is 3.11. The van der Waals surface area contributed by atoms with Crippen molar-refractivity contribution in [1.82, 2.24) is 0 Å². The SMILES string of the molecule is CC(C)CCC[C@@H](C)C1CCC2C3CC=C4CC(OC(=O)CCN)CCC4(C)C3CCC21C. The van der Waals surface area contributed by atoms with Gasteiger partial charge >= 0.3 is 5.97 Å². The van der Waals surface area contributed by atoms with Gasteiger partial charge in [-0.25, -0.2) is 0 Å². The van der Waals surface area contributed by atoms with Crippen LogP contribution in [0.5, 0.6) is 0 Å². The quantitative estimate of drug-likeness (QED) is 0.307. The van der Waals surface area contributed by atoms with Crippen LogP contribution in [0.4, 0.5) is 0 Å². The van der Waals surface area contributed by atoms with Gasteiger partial charge in [-0.15, -0.1) is 0 Å². The van der Waals surface area contributed by atoms with Crippen LogP contribution in [-0.4, -0.2) is 18.6 Å². The second kappa shape index (κ2) is 10.0. The molecule has 4 aliphatic carbocycles. The Labute approximate surface area is 203 Å². The molecule has 4 aliphatic rings. The third kappa shape index (κ3) is 4.82. The second-order valence-electron chi connectivity index (χ2n) is 13.2. The number of ether oxygens (including phenoxy) is 1. The number of carbonyl (C=O) groups excluding carboxylic acids is 1. The smallest absolute Gasteiger partial charge is 0.307 e. The van der Waals surface area contributed by atoms with Crippen molar-refractivity contribution in [2.75, 3.05) is 6.54 Å². The van der Waals surface area contributed by atoms with Crippen molar-refractivity contribution >= 4 is 5.97 Å². The standard InChI is InChI=1S/C30H51NO2/c1-20(2)7-6-8-21(3)25-11-12-26-24-10-9-22-19-23(33-28(32)15-18-31)13-16-29(22,4)27(24)14-17-30(25,26)5/h9,20-21,23-27H,6-8,10-19,31H2,1-5H3/t21-,23?,24?,25?,26?,27?,29?,30?/m1/s1. The van der Waals surface area contributed by atoms with Crippen LogP contribution in [0.3, 0.4) is 0 Å². The summed E-state index contributed by atoms with van der Waals surface area (Å²) in [5, 5.41) is 0. The van der Waals surface area contributed by atoms with E-state index in [1.807, 2.05) is 0 Å². The zero-order valence-electron chi connectivity index (χ0n) is 22.2. The Balaban J connectivity index is 1.43. The molecule has 0 aromatic carbocycles. The van der Waals surface area contributed by atoms with E-state index in [1.54, 1.807) is 5.57 Å². The second-order valence-corrected chi connectivity index (χ2v) is 13.2. The molecule has 3 saturated carbocycles. The lowest BCUT2D eigenvalue weighted by Crippen LogP contribution is -2.51. The zero-order chi connectivity index (χ0) is 23.8. The van der Waals surface area contributed by atoms with Gasteiger partial charge in [-0.1, -0.05) is 65.5 Å². The molecule has 8 atom stereocenters. The van der Waals surface area contributed by atoms with Crippen molar-refractivity contribution in [3.63, 3.8) is 0 Å². The minimum absolute atomic E-state index is 0.0660. The zero-order valence-corrected chi connectivity index (χ0v) is 22.2. The highest BCUT2D eigenvalue weighted by atomic mass is 16.5. The molecule has 7 unspecified atom stereocenters. The van der Waals surface area contributed by atoms with Crippen LogP contribution in [0.1, 0.15) is 112 Å². The molecule has 0 aliphatic heterocycles. The first kappa shape index (κ1) is 25.3. The Hall–Kier alpha value is -0.830. The first-order valence-electron chi connectivity index (χ1n) is 14.3. The summed E-state index contributed by atoms with van der Waals surface area (Å²) in [6.45, 7) is 12.9. The Kier molecular flexibility index (Phi) is 7.68. The molecular formula is C30H51NO2. The number of allylic oxidation sites excluding steroid dienone is 1. The molecule has 0 saturated heterocycles. The summed E-state index contributed by atoms with van der Waals surface area (Å²) in [5.41, 5.74) is 8.01. The van der Waals surface area contributed by atoms with E-state index in [0.717, 1.165) is 48.3 Å². The lowest BCUT2D eigenvalue weighted by Gasteiger charge is -2.58. The summed E-state index contributed by atoms with van der Waals surface area (Å²) in [6, 6.07) is 0. The van der Waals surface area contributed by atoms with E-state index in [2.05, 4.69) is 40.7 Å². The maximum absolute atomic E-state index is 12.0. The molecule has 0 amide bonds. The van der Waals surface area contributed by atoms with Crippen molar-refractivity contribution in [2.24, 2.45) is 52.1 Å². The number of nitrogens with two attached hydrogens (primary N) is 1. The Morgan fingerprint density at radius 3 is 2.61 bits per heavy atom. The fourth-order valence-electron chi connectivity index (χ4n) is 9.12. The van der Waals surface area contributed by atoms with Crippen molar-refractivity contribution in [3.8, 4) is 0 Å². The van der Waals surface area contributed by atoms with Gasteiger partial charge in [0.2, 0.25) is 0 Å². The molecule has 3 nitrogen and oxygen atoms in total. The molecule has 4 rings (SSSR count). The molecule has 33 heavy (non-hydrogen) atoms. The maximum Gasteiger partial charge on any atom is 0.307 e. The number of rotatable bonds is 8. The Morgan fingerprint density at radius 2 is 1.88 bits per heavy atom. The van der Waals surface area contributed by atoms with E-state index in [-0.39, 0.29) is 12.1 Å². The molecule has 0 aromatic rings. The third-order valence-corrected chi connectivity index (χ3v) is 10.9. The van der Waals surface area contributed by atoms with E-state index in [9.17, 15) is 4.79 Å². The minimum Gasteiger partial charge on any atom is -0.462 e. The van der Waals surface area contributed by atoms with Crippen LogP contribution in [-0.2, 0) is 9.53 Å². The average molecular weight is 458 g/mol. The summed E-state index contributed by atoms with van der Waals surface area (Å²) >= 11 is 0. The fraction of sp³-hybridized carbons (Fsp3) is 0.900. The van der Waals surface area contributed by atoms with Gasteiger partial charge in [0.05, 0.1) is 6.42 Å². The summed E-state index contributed by atoms with van der Waals surface area (Å²) in [4.78, 5) is 12.0. The lowest BCUT2D eigenvalue weighted by atomic mass is 9.47. The predicted molar refractivity (Wildman–Crippen MR) is 137 cm³/mol. The van der Waals surface area contributed by atoms with Gasteiger partial charge in [-0.05, 0) is 91.3 Å². The lowest BCUT2D eigenvalue weighted by molar-refractivity contribution is -0.151. The molecule has 3 heteroatoms. The summed E-state index contributed by atoms with van der Waals surface area (Å²) in [6.07, 6.45) is 17.4. The first-order chi connectivity index (χ1) is 15.7. The minimum atomic E-state index is -0.117. The van der Waals surface area contributed by atoms with Gasteiger partial charge in [-0.3, -0.25) is 4.79 Å². The normalized spacial score (nSPS) is 41.1. The number of hydrogen-bond acceptors (Lipinski definition) is 3. The molecule has 3 fully saturated rings. The van der Waals surface area contributed by atoms with Crippen LogP contribution in [0, 0.1) is 46.3 Å². The molecular weight excluding hydrogens is 406 g/mol. The molecule has 0 aromatic heterocycles. The number of esters is 1.